The highest BCUT2D eigenvalue weighted by atomic mass is 32.2. The molecule has 0 atom stereocenters. The van der Waals surface area contributed by atoms with Crippen LogP contribution in [0.5, 0.6) is 0 Å². The second-order valence-corrected chi connectivity index (χ2v) is 7.72. The van der Waals surface area contributed by atoms with Crippen molar-refractivity contribution in [2.75, 3.05) is 11.1 Å². The summed E-state index contributed by atoms with van der Waals surface area (Å²) in [5.74, 6) is 0.592. The summed E-state index contributed by atoms with van der Waals surface area (Å²) in [7, 11) is 0. The number of thioether (sulfide) groups is 1. The molecule has 1 aliphatic rings. The van der Waals surface area contributed by atoms with Gasteiger partial charge in [-0.25, -0.2) is 4.98 Å². The lowest BCUT2D eigenvalue weighted by Gasteiger charge is -2.10. The highest BCUT2D eigenvalue weighted by molar-refractivity contribution is 7.99. The van der Waals surface area contributed by atoms with E-state index in [1.807, 2.05) is 37.3 Å². The van der Waals surface area contributed by atoms with Gasteiger partial charge in [0.05, 0.1) is 5.56 Å². The molecule has 0 aliphatic heterocycles. The first kappa shape index (κ1) is 18.5. The van der Waals surface area contributed by atoms with Gasteiger partial charge in [0, 0.05) is 23.6 Å². The summed E-state index contributed by atoms with van der Waals surface area (Å²) in [6.45, 7) is 2.00. The van der Waals surface area contributed by atoms with E-state index in [9.17, 15) is 10.1 Å². The minimum absolute atomic E-state index is 0.0173. The third kappa shape index (κ3) is 4.86. The Morgan fingerprint density at radius 1 is 1.27 bits per heavy atom. The van der Waals surface area contributed by atoms with E-state index >= 15 is 0 Å². The van der Waals surface area contributed by atoms with Crippen LogP contribution in [-0.2, 0) is 17.6 Å². The molecule has 0 radical (unpaired) electrons. The highest BCUT2D eigenvalue weighted by Gasteiger charge is 2.15. The number of nitriles is 1. The van der Waals surface area contributed by atoms with Gasteiger partial charge < -0.3 is 5.32 Å². The quantitative estimate of drug-likeness (QED) is 0.618. The van der Waals surface area contributed by atoms with Crippen molar-refractivity contribution in [2.45, 2.75) is 50.5 Å². The summed E-state index contributed by atoms with van der Waals surface area (Å²) in [4.78, 5) is 16.9. The fourth-order valence-electron chi connectivity index (χ4n) is 3.17. The maximum Gasteiger partial charge on any atom is 0.225 e. The van der Waals surface area contributed by atoms with Gasteiger partial charge in [-0.2, -0.15) is 5.26 Å². The number of hydrogen-bond donors (Lipinski definition) is 1. The van der Waals surface area contributed by atoms with Crippen LogP contribution in [0.2, 0.25) is 0 Å². The van der Waals surface area contributed by atoms with Crippen LogP contribution in [0.3, 0.4) is 0 Å². The average molecular weight is 366 g/mol. The molecule has 1 aliphatic carbocycles. The van der Waals surface area contributed by atoms with Gasteiger partial charge in [0.1, 0.15) is 11.1 Å². The van der Waals surface area contributed by atoms with E-state index in [0.29, 0.717) is 17.7 Å². The maximum absolute atomic E-state index is 12.1. The van der Waals surface area contributed by atoms with Crippen molar-refractivity contribution in [1.82, 2.24) is 4.98 Å². The molecule has 2 aromatic rings. The molecule has 1 aromatic carbocycles. The van der Waals surface area contributed by atoms with Gasteiger partial charge in [-0.1, -0.05) is 18.6 Å². The number of benzene rings is 1. The van der Waals surface area contributed by atoms with Gasteiger partial charge in [0.2, 0.25) is 5.91 Å². The maximum atomic E-state index is 12.1. The molecule has 0 spiro atoms. The Bertz CT molecular complexity index is 842. The first-order chi connectivity index (χ1) is 12.7. The fraction of sp³-hybridized carbons (Fsp3) is 0.381. The summed E-state index contributed by atoms with van der Waals surface area (Å²) in [5, 5.41) is 13.1. The number of pyridine rings is 1. The van der Waals surface area contributed by atoms with Crippen LogP contribution in [0.1, 0.15) is 48.1 Å². The largest absolute Gasteiger partial charge is 0.326 e. The van der Waals surface area contributed by atoms with Crippen molar-refractivity contribution < 1.29 is 4.79 Å². The summed E-state index contributed by atoms with van der Waals surface area (Å²) < 4.78 is 0. The fourth-order valence-corrected chi connectivity index (χ4v) is 4.08. The summed E-state index contributed by atoms with van der Waals surface area (Å²) in [6, 6.07) is 12.0. The Morgan fingerprint density at radius 3 is 2.92 bits per heavy atom. The number of hydrogen-bond acceptors (Lipinski definition) is 4. The van der Waals surface area contributed by atoms with Crippen LogP contribution in [-0.4, -0.2) is 16.6 Å². The second-order valence-electron chi connectivity index (χ2n) is 6.64. The Balaban J connectivity index is 1.60. The monoisotopic (exact) mass is 365 g/mol. The standard InChI is InChI=1S/C21H23N3OS/c1-15-6-5-8-18(12-15)23-20(25)10-11-26-21-17(14-22)13-16-7-3-2-4-9-19(16)24-21/h5-6,8,12-13H,2-4,7,9-11H2,1H3,(H,23,25). The highest BCUT2D eigenvalue weighted by Crippen LogP contribution is 2.27. The second kappa shape index (κ2) is 8.86. The van der Waals surface area contributed by atoms with Crippen molar-refractivity contribution in [3.05, 3.63) is 52.7 Å². The van der Waals surface area contributed by atoms with Gasteiger partial charge >= 0.3 is 0 Å². The number of amides is 1. The molecular formula is C21H23N3OS. The number of rotatable bonds is 5. The number of aromatic nitrogens is 1. The van der Waals surface area contributed by atoms with Crippen LogP contribution < -0.4 is 5.32 Å². The smallest absolute Gasteiger partial charge is 0.225 e. The van der Waals surface area contributed by atoms with Crippen LogP contribution in [0, 0.1) is 18.3 Å². The lowest BCUT2D eigenvalue weighted by atomic mass is 10.1. The van der Waals surface area contributed by atoms with E-state index < -0.39 is 0 Å². The molecule has 1 heterocycles. The summed E-state index contributed by atoms with van der Waals surface area (Å²) in [6.07, 6.45) is 5.95. The summed E-state index contributed by atoms with van der Waals surface area (Å²) >= 11 is 1.50. The lowest BCUT2D eigenvalue weighted by Crippen LogP contribution is -2.12. The van der Waals surface area contributed by atoms with E-state index in [2.05, 4.69) is 11.4 Å². The van der Waals surface area contributed by atoms with Crippen molar-refractivity contribution >= 4 is 23.4 Å². The Morgan fingerprint density at radius 2 is 2.12 bits per heavy atom. The molecule has 0 saturated carbocycles. The van der Waals surface area contributed by atoms with E-state index in [-0.39, 0.29) is 5.91 Å². The van der Waals surface area contributed by atoms with Crippen molar-refractivity contribution in [2.24, 2.45) is 0 Å². The van der Waals surface area contributed by atoms with Crippen LogP contribution in [0.25, 0.3) is 0 Å². The van der Waals surface area contributed by atoms with Crippen molar-refractivity contribution in [3.8, 4) is 6.07 Å². The number of nitrogens with one attached hydrogen (secondary N) is 1. The molecule has 0 saturated heterocycles. The molecule has 4 nitrogen and oxygen atoms in total. The number of nitrogens with zero attached hydrogens (tertiary/aromatic N) is 2. The van der Waals surface area contributed by atoms with E-state index in [1.54, 1.807) is 0 Å². The lowest BCUT2D eigenvalue weighted by molar-refractivity contribution is -0.115. The Hall–Kier alpha value is -2.32. The van der Waals surface area contributed by atoms with Crippen LogP contribution >= 0.6 is 11.8 Å². The van der Waals surface area contributed by atoms with Gasteiger partial charge in [-0.05, 0) is 61.9 Å². The van der Waals surface area contributed by atoms with Gasteiger partial charge in [-0.15, -0.1) is 11.8 Å². The molecule has 0 fully saturated rings. The summed E-state index contributed by atoms with van der Waals surface area (Å²) in [5.41, 5.74) is 4.93. The van der Waals surface area contributed by atoms with Crippen LogP contribution in [0.4, 0.5) is 5.69 Å². The number of aryl methyl sites for hydroxylation is 3. The predicted octanol–water partition coefficient (Wildman–Crippen LogP) is 4.65. The molecule has 5 heteroatoms. The molecule has 1 amide bonds. The molecule has 26 heavy (non-hydrogen) atoms. The third-order valence-electron chi connectivity index (χ3n) is 4.51. The Labute approximate surface area is 159 Å². The minimum Gasteiger partial charge on any atom is -0.326 e. The van der Waals surface area contributed by atoms with Crippen molar-refractivity contribution in [3.63, 3.8) is 0 Å². The topological polar surface area (TPSA) is 65.8 Å². The van der Waals surface area contributed by atoms with E-state index in [4.69, 9.17) is 4.98 Å². The van der Waals surface area contributed by atoms with E-state index in [0.717, 1.165) is 41.2 Å². The first-order valence-electron chi connectivity index (χ1n) is 9.08. The van der Waals surface area contributed by atoms with E-state index in [1.165, 1.54) is 30.2 Å². The van der Waals surface area contributed by atoms with Crippen LogP contribution in [0.15, 0.2) is 35.4 Å². The molecule has 0 unspecified atom stereocenters. The average Bonchev–Trinajstić information content (AvgIpc) is 2.85. The number of carbonyl (C=O) groups excluding carboxylic acids is 1. The zero-order valence-corrected chi connectivity index (χ0v) is 15.9. The number of anilines is 1. The SMILES string of the molecule is Cc1cccc(NC(=O)CCSc2nc3c(cc2C#N)CCCCC3)c1. The zero-order chi connectivity index (χ0) is 18.4. The van der Waals surface area contributed by atoms with Gasteiger partial charge in [0.15, 0.2) is 0 Å². The number of fused-ring (bicyclic) bond motifs is 1. The van der Waals surface area contributed by atoms with Gasteiger partial charge in [-0.3, -0.25) is 4.79 Å². The first-order valence-corrected chi connectivity index (χ1v) is 10.1. The molecule has 134 valence electrons. The molecule has 3 rings (SSSR count). The number of carbonyl (C=O) groups is 1. The molecule has 0 bridgehead atoms. The molecule has 1 N–H and O–H groups in total. The van der Waals surface area contributed by atoms with Crippen molar-refractivity contribution in [1.29, 1.82) is 5.26 Å². The predicted molar refractivity (Wildman–Crippen MR) is 105 cm³/mol. The van der Waals surface area contributed by atoms with Gasteiger partial charge in [0.25, 0.3) is 0 Å². The molecule has 1 aromatic heterocycles. The third-order valence-corrected chi connectivity index (χ3v) is 5.50. The zero-order valence-electron chi connectivity index (χ0n) is 15.0. The minimum atomic E-state index is -0.0173. The normalized spacial score (nSPS) is 13.4. The molecular weight excluding hydrogens is 342 g/mol. The Kier molecular flexibility index (Phi) is 6.30.